The standard InChI is InChI=1S/C16H20BrN3O3.C11H12BrN3O/c1-9(2)20-14(21)12-8-10(6-7-11(12)13(17)19-20)18-15(22)23-16(3,4)5;1-6(2)15-11(16)9-5-7(13)3-4-8(9)10(12)14-15/h6-9H,1-5H3,(H,18,22);3-6H,13H2,1-2H3. The number of benzene rings is 2. The molecule has 0 unspecified atom stereocenters. The van der Waals surface area contributed by atoms with E-state index in [0.29, 0.717) is 36.7 Å². The number of ether oxygens (including phenoxy) is 1. The van der Waals surface area contributed by atoms with Crippen LogP contribution in [0.1, 0.15) is 60.5 Å². The fourth-order valence-corrected chi connectivity index (χ4v) is 4.69. The molecule has 39 heavy (non-hydrogen) atoms. The summed E-state index contributed by atoms with van der Waals surface area (Å²) in [6.45, 7) is 13.0. The van der Waals surface area contributed by atoms with Crippen LogP contribution in [0.3, 0.4) is 0 Å². The highest BCUT2D eigenvalue weighted by molar-refractivity contribution is 9.10. The molecular weight excluding hydrogens is 632 g/mol. The molecule has 0 aliphatic heterocycles. The first-order valence-corrected chi connectivity index (χ1v) is 13.9. The normalized spacial score (nSPS) is 11.6. The van der Waals surface area contributed by atoms with Crippen LogP contribution in [0.15, 0.2) is 55.2 Å². The van der Waals surface area contributed by atoms with Crippen LogP contribution in [0.2, 0.25) is 0 Å². The van der Waals surface area contributed by atoms with Crippen molar-refractivity contribution in [2.45, 2.75) is 66.2 Å². The third-order valence-corrected chi connectivity index (χ3v) is 6.57. The Morgan fingerprint density at radius 3 is 1.77 bits per heavy atom. The van der Waals surface area contributed by atoms with Crippen molar-refractivity contribution in [1.82, 2.24) is 19.6 Å². The molecule has 4 rings (SSSR count). The van der Waals surface area contributed by atoms with Gasteiger partial charge < -0.3 is 10.5 Å². The van der Waals surface area contributed by atoms with Crippen LogP contribution >= 0.6 is 31.9 Å². The molecule has 2 heterocycles. The van der Waals surface area contributed by atoms with E-state index in [2.05, 4.69) is 47.4 Å². The molecule has 0 aliphatic carbocycles. The molecule has 12 heteroatoms. The number of nitrogen functional groups attached to an aromatic ring is 1. The van der Waals surface area contributed by atoms with Gasteiger partial charge in [-0.25, -0.2) is 14.2 Å². The topological polar surface area (TPSA) is 134 Å². The second kappa shape index (κ2) is 11.9. The Hall–Kier alpha value is -3.25. The third kappa shape index (κ3) is 7.24. The van der Waals surface area contributed by atoms with Gasteiger partial charge in [-0.3, -0.25) is 14.9 Å². The van der Waals surface area contributed by atoms with E-state index in [4.69, 9.17) is 10.5 Å². The Labute approximate surface area is 242 Å². The summed E-state index contributed by atoms with van der Waals surface area (Å²) in [5.74, 6) is 0. The Morgan fingerprint density at radius 1 is 0.846 bits per heavy atom. The van der Waals surface area contributed by atoms with Gasteiger partial charge in [-0.1, -0.05) is 0 Å². The number of hydrogen-bond acceptors (Lipinski definition) is 7. The average molecular weight is 664 g/mol. The predicted molar refractivity (Wildman–Crippen MR) is 162 cm³/mol. The molecule has 4 aromatic rings. The van der Waals surface area contributed by atoms with E-state index in [-0.39, 0.29) is 23.2 Å². The third-order valence-electron chi connectivity index (χ3n) is 5.40. The highest BCUT2D eigenvalue weighted by Gasteiger charge is 2.17. The molecule has 0 atom stereocenters. The van der Waals surface area contributed by atoms with Gasteiger partial charge in [-0.2, -0.15) is 10.2 Å². The zero-order valence-electron chi connectivity index (χ0n) is 22.9. The highest BCUT2D eigenvalue weighted by atomic mass is 79.9. The van der Waals surface area contributed by atoms with Crippen molar-refractivity contribution in [1.29, 1.82) is 0 Å². The number of nitrogens with zero attached hydrogens (tertiary/aromatic N) is 4. The van der Waals surface area contributed by atoms with Gasteiger partial charge in [0.05, 0.1) is 22.9 Å². The van der Waals surface area contributed by atoms with E-state index in [1.807, 2.05) is 27.7 Å². The first-order chi connectivity index (χ1) is 18.1. The van der Waals surface area contributed by atoms with Gasteiger partial charge >= 0.3 is 6.09 Å². The number of fused-ring (bicyclic) bond motifs is 2. The predicted octanol–water partition coefficient (Wildman–Crippen LogP) is 6.41. The summed E-state index contributed by atoms with van der Waals surface area (Å²) in [7, 11) is 0. The maximum atomic E-state index is 12.5. The molecule has 2 aromatic heterocycles. The lowest BCUT2D eigenvalue weighted by molar-refractivity contribution is 0.0636. The average Bonchev–Trinajstić information content (AvgIpc) is 2.82. The molecule has 208 valence electrons. The summed E-state index contributed by atoms with van der Waals surface area (Å²) in [5.41, 5.74) is 5.87. The van der Waals surface area contributed by atoms with Gasteiger partial charge in [0, 0.05) is 22.1 Å². The van der Waals surface area contributed by atoms with Crippen molar-refractivity contribution in [2.24, 2.45) is 0 Å². The Morgan fingerprint density at radius 2 is 1.31 bits per heavy atom. The van der Waals surface area contributed by atoms with Crippen molar-refractivity contribution in [3.8, 4) is 0 Å². The molecule has 3 N–H and O–H groups in total. The summed E-state index contributed by atoms with van der Waals surface area (Å²) in [6, 6.07) is 10.3. The van der Waals surface area contributed by atoms with Crippen LogP contribution in [0.5, 0.6) is 0 Å². The fraction of sp³-hybridized carbons (Fsp3) is 0.370. The lowest BCUT2D eigenvalue weighted by atomic mass is 10.1. The van der Waals surface area contributed by atoms with Crippen molar-refractivity contribution in [2.75, 3.05) is 11.1 Å². The number of hydrogen-bond donors (Lipinski definition) is 2. The number of amides is 1. The summed E-state index contributed by atoms with van der Waals surface area (Å²) >= 11 is 6.75. The minimum atomic E-state index is -0.585. The molecular formula is C27H32Br2N6O4. The van der Waals surface area contributed by atoms with Gasteiger partial charge in [-0.05, 0) is 117 Å². The van der Waals surface area contributed by atoms with Gasteiger partial charge in [-0.15, -0.1) is 0 Å². The molecule has 0 spiro atoms. The van der Waals surface area contributed by atoms with E-state index in [1.54, 1.807) is 57.2 Å². The van der Waals surface area contributed by atoms with Gasteiger partial charge in [0.1, 0.15) is 14.8 Å². The molecule has 10 nitrogen and oxygen atoms in total. The number of carbonyl (C=O) groups excluding carboxylic acids is 1. The molecule has 0 fully saturated rings. The zero-order valence-corrected chi connectivity index (χ0v) is 26.0. The van der Waals surface area contributed by atoms with E-state index >= 15 is 0 Å². The maximum absolute atomic E-state index is 12.5. The van der Waals surface area contributed by atoms with E-state index in [9.17, 15) is 14.4 Å². The molecule has 2 aromatic carbocycles. The van der Waals surface area contributed by atoms with Crippen LogP contribution < -0.4 is 22.2 Å². The van der Waals surface area contributed by atoms with Crippen molar-refractivity contribution < 1.29 is 9.53 Å². The van der Waals surface area contributed by atoms with Crippen LogP contribution in [-0.2, 0) is 4.74 Å². The van der Waals surface area contributed by atoms with E-state index in [0.717, 1.165) is 5.39 Å². The molecule has 1 amide bonds. The highest BCUT2D eigenvalue weighted by Crippen LogP contribution is 2.24. The van der Waals surface area contributed by atoms with Gasteiger partial charge in [0.25, 0.3) is 11.1 Å². The Balaban J connectivity index is 0.000000230. The molecule has 0 bridgehead atoms. The summed E-state index contributed by atoms with van der Waals surface area (Å²) in [5, 5.41) is 13.7. The number of nitrogens with two attached hydrogens (primary N) is 1. The molecule has 0 saturated carbocycles. The lowest BCUT2D eigenvalue weighted by Crippen LogP contribution is -2.27. The van der Waals surface area contributed by atoms with Crippen molar-refractivity contribution in [3.05, 3.63) is 66.3 Å². The number of nitrogens with one attached hydrogen (secondary N) is 1. The van der Waals surface area contributed by atoms with Crippen LogP contribution in [0, 0.1) is 0 Å². The van der Waals surface area contributed by atoms with Crippen molar-refractivity contribution >= 4 is 70.9 Å². The zero-order chi connectivity index (χ0) is 29.2. The van der Waals surface area contributed by atoms with Crippen LogP contribution in [-0.4, -0.2) is 31.3 Å². The van der Waals surface area contributed by atoms with Gasteiger partial charge in [0.2, 0.25) is 0 Å². The van der Waals surface area contributed by atoms with Gasteiger partial charge in [0.15, 0.2) is 0 Å². The number of aromatic nitrogens is 4. The number of carbonyl (C=O) groups is 1. The quantitative estimate of drug-likeness (QED) is 0.242. The number of halogens is 2. The SMILES string of the molecule is CC(C)n1nc(Br)c2ccc(N)cc2c1=O.CC(C)n1nc(Br)c2ccc(NC(=O)OC(C)(C)C)cc2c1=O. The van der Waals surface area contributed by atoms with E-state index < -0.39 is 11.7 Å². The molecule has 0 saturated heterocycles. The largest absolute Gasteiger partial charge is 0.444 e. The van der Waals surface area contributed by atoms with Crippen LogP contribution in [0.25, 0.3) is 21.5 Å². The second-order valence-corrected chi connectivity index (χ2v) is 12.0. The van der Waals surface area contributed by atoms with Crippen LogP contribution in [0.4, 0.5) is 16.2 Å². The second-order valence-electron chi connectivity index (χ2n) is 10.5. The number of rotatable bonds is 3. The Bertz CT molecular complexity index is 1660. The minimum Gasteiger partial charge on any atom is -0.444 e. The first kappa shape index (κ1) is 30.3. The van der Waals surface area contributed by atoms with Crippen molar-refractivity contribution in [3.63, 3.8) is 0 Å². The smallest absolute Gasteiger partial charge is 0.412 e. The summed E-state index contributed by atoms with van der Waals surface area (Å²) < 4.78 is 9.32. The monoisotopic (exact) mass is 662 g/mol. The fourth-order valence-electron chi connectivity index (χ4n) is 3.65. The lowest BCUT2D eigenvalue weighted by Gasteiger charge is -2.19. The minimum absolute atomic E-state index is 0.0228. The van der Waals surface area contributed by atoms with E-state index in [1.165, 1.54) is 9.36 Å². The summed E-state index contributed by atoms with van der Waals surface area (Å²) in [6.07, 6.45) is -0.561. The first-order valence-electron chi connectivity index (χ1n) is 12.3. The Kier molecular flexibility index (Phi) is 9.22. The molecule has 0 aliphatic rings. The molecule has 0 radical (unpaired) electrons. The maximum Gasteiger partial charge on any atom is 0.412 e. The summed E-state index contributed by atoms with van der Waals surface area (Å²) in [4.78, 5) is 36.5. The number of anilines is 2.